The first-order chi connectivity index (χ1) is 9.78. The Morgan fingerprint density at radius 3 is 3.05 bits per heavy atom. The fourth-order valence-corrected chi connectivity index (χ4v) is 2.90. The molecule has 1 unspecified atom stereocenters. The number of rotatable bonds is 3. The predicted molar refractivity (Wildman–Crippen MR) is 79.4 cm³/mol. The molecule has 4 nitrogen and oxygen atoms in total. The van der Waals surface area contributed by atoms with E-state index in [1.165, 1.54) is 17.7 Å². The lowest BCUT2D eigenvalue weighted by Gasteiger charge is -2.23. The molecule has 0 saturated carbocycles. The Kier molecular flexibility index (Phi) is 3.74. The molecule has 4 heteroatoms. The minimum atomic E-state index is 0.713. The molecule has 1 atom stereocenters. The number of fused-ring (bicyclic) bond motifs is 1. The highest BCUT2D eigenvalue weighted by atomic mass is 14.9. The Labute approximate surface area is 119 Å². The summed E-state index contributed by atoms with van der Waals surface area (Å²) in [5.41, 5.74) is 4.74. The highest BCUT2D eigenvalue weighted by Gasteiger charge is 2.20. The van der Waals surface area contributed by atoms with E-state index in [4.69, 9.17) is 4.98 Å². The molecule has 1 N–H and O–H groups in total. The number of hydrogen-bond acceptors (Lipinski definition) is 4. The van der Waals surface area contributed by atoms with Crippen LogP contribution in [0, 0.1) is 12.8 Å². The van der Waals surface area contributed by atoms with Crippen molar-refractivity contribution >= 4 is 0 Å². The lowest BCUT2D eigenvalue weighted by Crippen LogP contribution is -2.25. The van der Waals surface area contributed by atoms with Crippen LogP contribution >= 0.6 is 0 Å². The fraction of sp³-hybridized carbons (Fsp3) is 0.438. The molecule has 0 amide bonds. The van der Waals surface area contributed by atoms with Gasteiger partial charge in [-0.1, -0.05) is 0 Å². The van der Waals surface area contributed by atoms with E-state index < -0.39 is 0 Å². The number of pyridine rings is 1. The van der Waals surface area contributed by atoms with Gasteiger partial charge in [0.1, 0.15) is 0 Å². The van der Waals surface area contributed by atoms with Crippen LogP contribution in [-0.4, -0.2) is 28.5 Å². The van der Waals surface area contributed by atoms with Crippen LogP contribution in [0.4, 0.5) is 0 Å². The van der Waals surface area contributed by atoms with Crippen molar-refractivity contribution in [3.63, 3.8) is 0 Å². The molecule has 20 heavy (non-hydrogen) atoms. The lowest BCUT2D eigenvalue weighted by atomic mass is 9.87. The third-order valence-electron chi connectivity index (χ3n) is 4.01. The SMILES string of the molecule is CNCC1CCc2nc(-c3ccncc3C)ncc2C1. The van der Waals surface area contributed by atoms with Crippen molar-refractivity contribution in [1.29, 1.82) is 0 Å². The fourth-order valence-electron chi connectivity index (χ4n) is 2.90. The third kappa shape index (κ3) is 2.56. The maximum absolute atomic E-state index is 4.78. The van der Waals surface area contributed by atoms with Gasteiger partial charge in [0.2, 0.25) is 0 Å². The summed E-state index contributed by atoms with van der Waals surface area (Å²) in [6.07, 6.45) is 9.03. The average Bonchev–Trinajstić information content (AvgIpc) is 2.48. The van der Waals surface area contributed by atoms with Crippen LogP contribution in [0.3, 0.4) is 0 Å². The monoisotopic (exact) mass is 268 g/mol. The summed E-state index contributed by atoms with van der Waals surface area (Å²) < 4.78 is 0. The second-order valence-electron chi connectivity index (χ2n) is 5.52. The summed E-state index contributed by atoms with van der Waals surface area (Å²) in [5.74, 6) is 1.54. The molecule has 0 saturated heterocycles. The quantitative estimate of drug-likeness (QED) is 0.927. The first-order valence-electron chi connectivity index (χ1n) is 7.18. The van der Waals surface area contributed by atoms with Gasteiger partial charge in [-0.3, -0.25) is 4.98 Å². The van der Waals surface area contributed by atoms with Gasteiger partial charge in [0, 0.05) is 29.8 Å². The lowest BCUT2D eigenvalue weighted by molar-refractivity contribution is 0.434. The van der Waals surface area contributed by atoms with Crippen molar-refractivity contribution in [2.24, 2.45) is 5.92 Å². The maximum Gasteiger partial charge on any atom is 0.159 e. The van der Waals surface area contributed by atoms with E-state index in [1.54, 1.807) is 6.20 Å². The summed E-state index contributed by atoms with van der Waals surface area (Å²) in [4.78, 5) is 13.5. The number of nitrogens with one attached hydrogen (secondary N) is 1. The van der Waals surface area contributed by atoms with Crippen LogP contribution in [0.1, 0.15) is 23.2 Å². The zero-order valence-corrected chi connectivity index (χ0v) is 12.1. The van der Waals surface area contributed by atoms with E-state index in [1.807, 2.05) is 32.4 Å². The molecule has 0 spiro atoms. The molecule has 0 radical (unpaired) electrons. The van der Waals surface area contributed by atoms with E-state index in [0.717, 1.165) is 36.3 Å². The Morgan fingerprint density at radius 2 is 2.25 bits per heavy atom. The summed E-state index contributed by atoms with van der Waals surface area (Å²) in [6.45, 7) is 3.12. The number of aryl methyl sites for hydroxylation is 2. The highest BCUT2D eigenvalue weighted by Crippen LogP contribution is 2.26. The maximum atomic E-state index is 4.78. The van der Waals surface area contributed by atoms with Gasteiger partial charge in [-0.15, -0.1) is 0 Å². The smallest absolute Gasteiger partial charge is 0.159 e. The summed E-state index contributed by atoms with van der Waals surface area (Å²) >= 11 is 0. The van der Waals surface area contributed by atoms with Crippen molar-refractivity contribution < 1.29 is 0 Å². The Morgan fingerprint density at radius 1 is 1.35 bits per heavy atom. The Balaban J connectivity index is 1.90. The molecule has 1 aliphatic carbocycles. The van der Waals surface area contributed by atoms with Crippen LogP contribution in [0.5, 0.6) is 0 Å². The van der Waals surface area contributed by atoms with Crippen molar-refractivity contribution in [2.45, 2.75) is 26.2 Å². The molecule has 0 aliphatic heterocycles. The topological polar surface area (TPSA) is 50.7 Å². The van der Waals surface area contributed by atoms with Crippen molar-refractivity contribution in [3.8, 4) is 11.4 Å². The third-order valence-corrected chi connectivity index (χ3v) is 4.01. The molecule has 0 bridgehead atoms. The average molecular weight is 268 g/mol. The molecule has 2 aromatic heterocycles. The van der Waals surface area contributed by atoms with Gasteiger partial charge in [0.25, 0.3) is 0 Å². The standard InChI is InChI=1S/C16H20N4/c1-11-8-18-6-5-14(11)16-19-10-13-7-12(9-17-2)3-4-15(13)20-16/h5-6,8,10,12,17H,3-4,7,9H2,1-2H3. The normalized spacial score (nSPS) is 17.8. The largest absolute Gasteiger partial charge is 0.319 e. The molecule has 2 heterocycles. The van der Waals surface area contributed by atoms with E-state index in [9.17, 15) is 0 Å². The molecule has 1 aliphatic rings. The van der Waals surface area contributed by atoms with E-state index in [2.05, 4.69) is 15.3 Å². The van der Waals surface area contributed by atoms with E-state index in [-0.39, 0.29) is 0 Å². The van der Waals surface area contributed by atoms with E-state index in [0.29, 0.717) is 5.92 Å². The number of aromatic nitrogens is 3. The molecule has 2 aromatic rings. The van der Waals surface area contributed by atoms with Crippen molar-refractivity contribution in [2.75, 3.05) is 13.6 Å². The van der Waals surface area contributed by atoms with Gasteiger partial charge in [0.15, 0.2) is 5.82 Å². The van der Waals surface area contributed by atoms with Crippen LogP contribution in [0.15, 0.2) is 24.7 Å². The Hall–Kier alpha value is -1.81. The first kappa shape index (κ1) is 13.2. The van der Waals surface area contributed by atoms with Crippen LogP contribution in [0.25, 0.3) is 11.4 Å². The molecule has 0 fully saturated rings. The summed E-state index contributed by atoms with van der Waals surface area (Å²) in [6, 6.07) is 1.99. The zero-order valence-electron chi connectivity index (χ0n) is 12.1. The van der Waals surface area contributed by atoms with Gasteiger partial charge >= 0.3 is 0 Å². The minimum Gasteiger partial charge on any atom is -0.319 e. The van der Waals surface area contributed by atoms with Gasteiger partial charge in [-0.25, -0.2) is 9.97 Å². The summed E-state index contributed by atoms with van der Waals surface area (Å²) in [7, 11) is 2.02. The second kappa shape index (κ2) is 5.67. The number of hydrogen-bond donors (Lipinski definition) is 1. The van der Waals surface area contributed by atoms with Crippen molar-refractivity contribution in [3.05, 3.63) is 41.5 Å². The first-order valence-corrected chi connectivity index (χ1v) is 7.18. The number of nitrogens with zero attached hydrogens (tertiary/aromatic N) is 3. The highest BCUT2D eigenvalue weighted by molar-refractivity contribution is 5.58. The van der Waals surface area contributed by atoms with Crippen molar-refractivity contribution in [1.82, 2.24) is 20.3 Å². The molecule has 3 rings (SSSR count). The summed E-state index contributed by atoms with van der Waals surface area (Å²) in [5, 5.41) is 3.27. The van der Waals surface area contributed by atoms with Gasteiger partial charge in [-0.05, 0) is 62.9 Å². The van der Waals surface area contributed by atoms with Gasteiger partial charge < -0.3 is 5.32 Å². The van der Waals surface area contributed by atoms with Crippen LogP contribution < -0.4 is 5.32 Å². The Bertz CT molecular complexity index is 609. The van der Waals surface area contributed by atoms with E-state index >= 15 is 0 Å². The molecule has 0 aromatic carbocycles. The van der Waals surface area contributed by atoms with Crippen LogP contribution in [0.2, 0.25) is 0 Å². The molecule has 104 valence electrons. The van der Waals surface area contributed by atoms with Gasteiger partial charge in [0.05, 0.1) is 0 Å². The zero-order chi connectivity index (χ0) is 13.9. The second-order valence-corrected chi connectivity index (χ2v) is 5.52. The predicted octanol–water partition coefficient (Wildman–Crippen LogP) is 2.17. The van der Waals surface area contributed by atoms with Gasteiger partial charge in [-0.2, -0.15) is 0 Å². The minimum absolute atomic E-state index is 0.713. The van der Waals surface area contributed by atoms with Crippen LogP contribution in [-0.2, 0) is 12.8 Å². The molecular weight excluding hydrogens is 248 g/mol. The molecular formula is C16H20N4.